The maximum Gasteiger partial charge on any atom is 0.251 e. The number of ether oxygens (including phenoxy) is 2. The van der Waals surface area contributed by atoms with Crippen LogP contribution in [-0.4, -0.2) is 30.1 Å². The number of carbonyl (C=O) groups excluding carboxylic acids is 1. The van der Waals surface area contributed by atoms with Crippen LogP contribution >= 0.6 is 0 Å². The molecule has 1 aromatic heterocycles. The third-order valence-electron chi connectivity index (χ3n) is 3.53. The molecule has 1 amide bonds. The zero-order valence-electron chi connectivity index (χ0n) is 14.7. The number of rotatable bonds is 9. The van der Waals surface area contributed by atoms with Crippen molar-refractivity contribution in [3.8, 4) is 11.5 Å². The van der Waals surface area contributed by atoms with Crippen LogP contribution < -0.4 is 14.8 Å². The zero-order chi connectivity index (χ0) is 18.1. The van der Waals surface area contributed by atoms with Gasteiger partial charge in [-0.3, -0.25) is 9.78 Å². The summed E-state index contributed by atoms with van der Waals surface area (Å²) < 4.78 is 11.1. The summed E-state index contributed by atoms with van der Waals surface area (Å²) in [5, 5.41) is 3.00. The van der Waals surface area contributed by atoms with Gasteiger partial charge in [-0.25, -0.2) is 0 Å². The molecular weight excluding hydrogens is 316 g/mol. The largest absolute Gasteiger partial charge is 0.490 e. The van der Waals surface area contributed by atoms with Crippen LogP contribution in [0.4, 0.5) is 0 Å². The molecule has 0 aliphatic heterocycles. The van der Waals surface area contributed by atoms with Crippen molar-refractivity contribution in [3.05, 3.63) is 66.5 Å². The second kappa shape index (κ2) is 9.47. The molecule has 2 aromatic rings. The topological polar surface area (TPSA) is 60.5 Å². The molecule has 0 aliphatic carbocycles. The third kappa shape index (κ3) is 5.64. The van der Waals surface area contributed by atoms with E-state index >= 15 is 0 Å². The summed E-state index contributed by atoms with van der Waals surface area (Å²) in [6.07, 6.45) is 5.91. The number of amides is 1. The molecule has 1 N–H and O–H groups in total. The third-order valence-corrected chi connectivity index (χ3v) is 3.53. The van der Waals surface area contributed by atoms with Crippen molar-refractivity contribution >= 4 is 5.91 Å². The summed E-state index contributed by atoms with van der Waals surface area (Å²) >= 11 is 0. The van der Waals surface area contributed by atoms with Crippen molar-refractivity contribution in [2.45, 2.75) is 26.3 Å². The monoisotopic (exact) mass is 340 g/mol. The smallest absolute Gasteiger partial charge is 0.251 e. The summed E-state index contributed by atoms with van der Waals surface area (Å²) in [6, 6.07) is 9.08. The van der Waals surface area contributed by atoms with Gasteiger partial charge in [-0.1, -0.05) is 12.7 Å². The Morgan fingerprint density at radius 2 is 2.00 bits per heavy atom. The Kier molecular flexibility index (Phi) is 7.01. The van der Waals surface area contributed by atoms with E-state index in [9.17, 15) is 4.79 Å². The minimum Gasteiger partial charge on any atom is -0.490 e. The second-order valence-corrected chi connectivity index (χ2v) is 5.63. The summed E-state index contributed by atoms with van der Waals surface area (Å²) in [4.78, 5) is 16.5. The highest BCUT2D eigenvalue weighted by Crippen LogP contribution is 2.28. The summed E-state index contributed by atoms with van der Waals surface area (Å²) in [6.45, 7) is 8.37. The van der Waals surface area contributed by atoms with Crippen LogP contribution in [0.1, 0.15) is 29.8 Å². The van der Waals surface area contributed by atoms with E-state index in [1.165, 1.54) is 0 Å². The first kappa shape index (κ1) is 18.5. The molecular formula is C20H24N2O3. The van der Waals surface area contributed by atoms with Gasteiger partial charge in [0.15, 0.2) is 11.5 Å². The molecule has 0 radical (unpaired) electrons. The Morgan fingerprint density at radius 3 is 2.68 bits per heavy atom. The number of hydrogen-bond donors (Lipinski definition) is 1. The molecule has 1 atom stereocenters. The quantitative estimate of drug-likeness (QED) is 0.711. The van der Waals surface area contributed by atoms with E-state index in [4.69, 9.17) is 9.47 Å². The van der Waals surface area contributed by atoms with Gasteiger partial charge in [0.25, 0.3) is 5.91 Å². The number of aromatic nitrogens is 1. The molecule has 25 heavy (non-hydrogen) atoms. The number of pyridine rings is 1. The van der Waals surface area contributed by atoms with E-state index < -0.39 is 0 Å². The Labute approximate surface area is 148 Å². The van der Waals surface area contributed by atoms with Gasteiger partial charge in [-0.2, -0.15) is 0 Å². The van der Waals surface area contributed by atoms with Gasteiger partial charge in [0.1, 0.15) is 6.61 Å². The van der Waals surface area contributed by atoms with Gasteiger partial charge in [0.2, 0.25) is 0 Å². The lowest BCUT2D eigenvalue weighted by Crippen LogP contribution is -2.34. The van der Waals surface area contributed by atoms with Crippen LogP contribution in [0.3, 0.4) is 0 Å². The van der Waals surface area contributed by atoms with E-state index in [-0.39, 0.29) is 11.9 Å². The fourth-order valence-electron chi connectivity index (χ4n) is 2.42. The van der Waals surface area contributed by atoms with Crippen LogP contribution in [0.2, 0.25) is 0 Å². The minimum atomic E-state index is -0.141. The van der Waals surface area contributed by atoms with Gasteiger partial charge in [-0.05, 0) is 56.2 Å². The predicted octanol–water partition coefficient (Wildman–Crippen LogP) is 3.41. The molecule has 0 saturated carbocycles. The van der Waals surface area contributed by atoms with Crippen molar-refractivity contribution in [1.82, 2.24) is 10.3 Å². The average Bonchev–Trinajstić information content (AvgIpc) is 2.61. The molecule has 0 bridgehead atoms. The number of carbonyl (C=O) groups is 1. The van der Waals surface area contributed by atoms with Crippen LogP contribution in [0, 0.1) is 0 Å². The maximum absolute atomic E-state index is 12.5. The fraction of sp³-hybridized carbons (Fsp3) is 0.300. The molecule has 1 unspecified atom stereocenters. The second-order valence-electron chi connectivity index (χ2n) is 5.63. The van der Waals surface area contributed by atoms with Gasteiger partial charge >= 0.3 is 0 Å². The first-order valence-corrected chi connectivity index (χ1v) is 8.34. The Morgan fingerprint density at radius 1 is 1.24 bits per heavy atom. The molecule has 5 heteroatoms. The first-order chi connectivity index (χ1) is 12.1. The highest BCUT2D eigenvalue weighted by Gasteiger charge is 2.14. The van der Waals surface area contributed by atoms with E-state index in [2.05, 4.69) is 16.9 Å². The lowest BCUT2D eigenvalue weighted by Gasteiger charge is -2.16. The minimum absolute atomic E-state index is 0.00198. The molecule has 2 rings (SSSR count). The molecule has 1 heterocycles. The van der Waals surface area contributed by atoms with E-state index in [1.54, 1.807) is 36.7 Å². The molecule has 0 spiro atoms. The van der Waals surface area contributed by atoms with Crippen LogP contribution in [0.5, 0.6) is 11.5 Å². The standard InChI is InChI=1S/C20H24N2O3/c1-4-12-25-18-7-6-17(14-19(18)24-5-2)20(23)22-15(3)13-16-8-10-21-11-9-16/h4,6-11,14-15H,1,5,12-13H2,2-3H3,(H,22,23). The number of nitrogens with zero attached hydrogens (tertiary/aromatic N) is 1. The van der Waals surface area contributed by atoms with Crippen LogP contribution in [0.25, 0.3) is 0 Å². The maximum atomic E-state index is 12.5. The van der Waals surface area contributed by atoms with E-state index in [0.29, 0.717) is 30.3 Å². The molecule has 5 nitrogen and oxygen atoms in total. The van der Waals surface area contributed by atoms with Crippen LogP contribution in [-0.2, 0) is 6.42 Å². The van der Waals surface area contributed by atoms with Gasteiger partial charge in [0, 0.05) is 24.0 Å². The fourth-order valence-corrected chi connectivity index (χ4v) is 2.42. The molecule has 1 aromatic carbocycles. The Hall–Kier alpha value is -2.82. The van der Waals surface area contributed by atoms with Crippen molar-refractivity contribution in [3.63, 3.8) is 0 Å². The summed E-state index contributed by atoms with van der Waals surface area (Å²) in [7, 11) is 0. The number of hydrogen-bond acceptors (Lipinski definition) is 4. The Balaban J connectivity index is 2.04. The summed E-state index contributed by atoms with van der Waals surface area (Å²) in [5.41, 5.74) is 1.67. The SMILES string of the molecule is C=CCOc1ccc(C(=O)NC(C)Cc2ccncc2)cc1OCC. The average molecular weight is 340 g/mol. The highest BCUT2D eigenvalue weighted by molar-refractivity contribution is 5.95. The van der Waals surface area contributed by atoms with Gasteiger partial charge in [-0.15, -0.1) is 0 Å². The summed E-state index contributed by atoms with van der Waals surface area (Å²) in [5.74, 6) is 1.01. The molecule has 132 valence electrons. The lowest BCUT2D eigenvalue weighted by molar-refractivity contribution is 0.0939. The van der Waals surface area contributed by atoms with Crippen molar-refractivity contribution in [1.29, 1.82) is 0 Å². The molecule has 0 saturated heterocycles. The van der Waals surface area contributed by atoms with Gasteiger partial charge < -0.3 is 14.8 Å². The number of benzene rings is 1. The van der Waals surface area contributed by atoms with E-state index in [1.807, 2.05) is 26.0 Å². The molecule has 0 aliphatic rings. The first-order valence-electron chi connectivity index (χ1n) is 8.34. The Bertz CT molecular complexity index is 701. The number of nitrogens with one attached hydrogen (secondary N) is 1. The van der Waals surface area contributed by atoms with Crippen molar-refractivity contribution < 1.29 is 14.3 Å². The normalized spacial score (nSPS) is 11.4. The lowest BCUT2D eigenvalue weighted by atomic mass is 10.1. The van der Waals surface area contributed by atoms with Crippen LogP contribution in [0.15, 0.2) is 55.4 Å². The van der Waals surface area contributed by atoms with Crippen molar-refractivity contribution in [2.75, 3.05) is 13.2 Å². The predicted molar refractivity (Wildman–Crippen MR) is 98.2 cm³/mol. The van der Waals surface area contributed by atoms with Gasteiger partial charge in [0.05, 0.1) is 6.61 Å². The van der Waals surface area contributed by atoms with E-state index in [0.717, 1.165) is 12.0 Å². The van der Waals surface area contributed by atoms with Crippen molar-refractivity contribution in [2.24, 2.45) is 0 Å². The highest BCUT2D eigenvalue weighted by atomic mass is 16.5. The zero-order valence-corrected chi connectivity index (χ0v) is 14.7. The molecule has 0 fully saturated rings.